The van der Waals surface area contributed by atoms with Crippen LogP contribution in [0, 0.1) is 10.1 Å². The van der Waals surface area contributed by atoms with Crippen molar-refractivity contribution in [3.8, 4) is 11.3 Å². The number of halogens is 1. The van der Waals surface area contributed by atoms with E-state index in [0.717, 1.165) is 6.07 Å². The molecule has 6 nitrogen and oxygen atoms in total. The molecule has 0 spiro atoms. The molecule has 0 saturated carbocycles. The van der Waals surface area contributed by atoms with Gasteiger partial charge >= 0.3 is 5.56 Å². The third-order valence-corrected chi connectivity index (χ3v) is 2.29. The number of nitrogens with zero attached hydrogens (tertiary/aromatic N) is 3. The molecule has 1 aromatic carbocycles. The van der Waals surface area contributed by atoms with Crippen molar-refractivity contribution in [1.29, 1.82) is 0 Å². The van der Waals surface area contributed by atoms with E-state index in [2.05, 4.69) is 5.10 Å². The van der Waals surface area contributed by atoms with Gasteiger partial charge in [0.05, 0.1) is 14.9 Å². The molecule has 0 fully saturated rings. The quantitative estimate of drug-likeness (QED) is 0.600. The van der Waals surface area contributed by atoms with Gasteiger partial charge in [-0.3, -0.25) is 4.79 Å². The number of hydrogen-bond acceptors (Lipinski definition) is 4. The van der Waals surface area contributed by atoms with Crippen molar-refractivity contribution in [1.82, 2.24) is 9.89 Å². The summed E-state index contributed by atoms with van der Waals surface area (Å²) in [6, 6.07) is 9.18. The highest BCUT2D eigenvalue weighted by Crippen LogP contribution is 2.19. The Hall–Kier alpha value is -2.21. The molecular weight excluding hydrogens is 246 g/mol. The van der Waals surface area contributed by atoms with Crippen molar-refractivity contribution in [3.05, 3.63) is 61.9 Å². The van der Waals surface area contributed by atoms with E-state index in [1.54, 1.807) is 24.3 Å². The van der Waals surface area contributed by atoms with E-state index in [1.165, 1.54) is 6.07 Å². The van der Waals surface area contributed by atoms with Crippen molar-refractivity contribution in [2.75, 3.05) is 0 Å². The number of rotatable bonds is 2. The average Bonchev–Trinajstić information content (AvgIpc) is 2.29. The maximum Gasteiger partial charge on any atom is 0.334 e. The largest absolute Gasteiger partial charge is 0.339 e. The molecule has 86 valence electrons. The SMILES string of the molecule is O=c1ccc(-c2cccc(Cl)c2)nn1[N+](=O)[O-]. The van der Waals surface area contributed by atoms with E-state index in [0.29, 0.717) is 16.3 Å². The third kappa shape index (κ3) is 2.31. The Kier molecular flexibility index (Phi) is 2.88. The summed E-state index contributed by atoms with van der Waals surface area (Å²) in [6.07, 6.45) is 0. The van der Waals surface area contributed by atoms with Crippen molar-refractivity contribution in [3.63, 3.8) is 0 Å². The molecule has 2 aromatic rings. The van der Waals surface area contributed by atoms with Gasteiger partial charge in [0.25, 0.3) is 0 Å². The van der Waals surface area contributed by atoms with Gasteiger partial charge in [-0.1, -0.05) is 23.7 Å². The lowest BCUT2D eigenvalue weighted by Gasteiger charge is -1.98. The van der Waals surface area contributed by atoms with Crippen molar-refractivity contribution < 1.29 is 5.03 Å². The lowest BCUT2D eigenvalue weighted by Crippen LogP contribution is -2.28. The van der Waals surface area contributed by atoms with Gasteiger partial charge in [-0.25, -0.2) is 0 Å². The molecule has 0 bridgehead atoms. The summed E-state index contributed by atoms with van der Waals surface area (Å²) in [6.45, 7) is 0. The number of hydrogen-bond donors (Lipinski definition) is 0. The van der Waals surface area contributed by atoms with Crippen LogP contribution in [0.5, 0.6) is 0 Å². The zero-order valence-electron chi connectivity index (χ0n) is 8.41. The van der Waals surface area contributed by atoms with E-state index < -0.39 is 10.6 Å². The average molecular weight is 252 g/mol. The first kappa shape index (κ1) is 11.3. The van der Waals surface area contributed by atoms with Crippen LogP contribution in [0.2, 0.25) is 5.02 Å². The molecule has 0 aliphatic carbocycles. The fraction of sp³-hybridized carbons (Fsp3) is 0. The lowest BCUT2D eigenvalue weighted by atomic mass is 10.1. The molecule has 0 unspecified atom stereocenters. The summed E-state index contributed by atoms with van der Waals surface area (Å²) < 4.78 is 0. The molecule has 7 heteroatoms. The zero-order chi connectivity index (χ0) is 12.4. The zero-order valence-corrected chi connectivity index (χ0v) is 9.16. The van der Waals surface area contributed by atoms with Crippen LogP contribution in [-0.2, 0) is 0 Å². The Labute approximate surface area is 100 Å². The minimum absolute atomic E-state index is 0.191. The Morgan fingerprint density at radius 3 is 2.71 bits per heavy atom. The van der Waals surface area contributed by atoms with Crippen molar-refractivity contribution >= 4 is 11.6 Å². The smallest absolute Gasteiger partial charge is 0.334 e. The number of benzene rings is 1. The molecule has 0 aliphatic heterocycles. The molecular formula is C10H6ClN3O3. The third-order valence-electron chi connectivity index (χ3n) is 2.06. The first-order valence-corrected chi connectivity index (χ1v) is 4.97. The van der Waals surface area contributed by atoms with Gasteiger partial charge in [0, 0.05) is 16.7 Å². The Balaban J connectivity index is 2.58. The Morgan fingerprint density at radius 2 is 2.06 bits per heavy atom. The first-order chi connectivity index (χ1) is 8.08. The molecule has 1 aromatic heterocycles. The predicted molar refractivity (Wildman–Crippen MR) is 61.3 cm³/mol. The van der Waals surface area contributed by atoms with Crippen LogP contribution in [0.25, 0.3) is 11.3 Å². The molecule has 1 heterocycles. The molecule has 17 heavy (non-hydrogen) atoms. The van der Waals surface area contributed by atoms with Gasteiger partial charge in [0.2, 0.25) is 5.69 Å². The maximum atomic E-state index is 11.1. The monoisotopic (exact) mass is 251 g/mol. The van der Waals surface area contributed by atoms with Crippen LogP contribution in [-0.4, -0.2) is 14.9 Å². The van der Waals surface area contributed by atoms with Crippen LogP contribution in [0.3, 0.4) is 0 Å². The van der Waals surface area contributed by atoms with Crippen molar-refractivity contribution in [2.45, 2.75) is 0 Å². The van der Waals surface area contributed by atoms with E-state index >= 15 is 0 Å². The molecule has 0 radical (unpaired) electrons. The van der Waals surface area contributed by atoms with E-state index in [4.69, 9.17) is 11.6 Å². The first-order valence-electron chi connectivity index (χ1n) is 4.59. The normalized spacial score (nSPS) is 10.2. The van der Waals surface area contributed by atoms with E-state index in [9.17, 15) is 14.9 Å². The van der Waals surface area contributed by atoms with Gasteiger partial charge in [-0.15, -0.1) is 0 Å². The van der Waals surface area contributed by atoms with Gasteiger partial charge in [0.15, 0.2) is 0 Å². The topological polar surface area (TPSA) is 78.0 Å². The highest BCUT2D eigenvalue weighted by atomic mass is 35.5. The van der Waals surface area contributed by atoms with Gasteiger partial charge in [-0.05, 0) is 18.2 Å². The summed E-state index contributed by atoms with van der Waals surface area (Å²) in [5.41, 5.74) is 0.123. The second kappa shape index (κ2) is 4.34. The molecule has 0 atom stereocenters. The number of aromatic nitrogens is 2. The van der Waals surface area contributed by atoms with Crippen LogP contribution in [0.15, 0.2) is 41.2 Å². The number of nitro groups is 1. The summed E-state index contributed by atoms with van der Waals surface area (Å²) >= 11 is 5.80. The van der Waals surface area contributed by atoms with Crippen LogP contribution < -0.4 is 5.56 Å². The van der Waals surface area contributed by atoms with Crippen molar-refractivity contribution in [2.24, 2.45) is 0 Å². The van der Waals surface area contributed by atoms with Gasteiger partial charge in [-0.2, -0.15) is 0 Å². The summed E-state index contributed by atoms with van der Waals surface area (Å²) in [5, 5.41) is 13.8. The van der Waals surface area contributed by atoms with Gasteiger partial charge in [0.1, 0.15) is 0 Å². The fourth-order valence-corrected chi connectivity index (χ4v) is 1.51. The Morgan fingerprint density at radius 1 is 1.29 bits per heavy atom. The minimum atomic E-state index is -0.879. The Bertz CT molecular complexity index is 639. The van der Waals surface area contributed by atoms with E-state index in [1.807, 2.05) is 0 Å². The summed E-state index contributed by atoms with van der Waals surface area (Å²) in [4.78, 5) is 21.9. The minimum Gasteiger partial charge on any atom is -0.339 e. The predicted octanol–water partition coefficient (Wildman–Crippen LogP) is 1.60. The van der Waals surface area contributed by atoms with Gasteiger partial charge < -0.3 is 10.1 Å². The fourth-order valence-electron chi connectivity index (χ4n) is 1.32. The van der Waals surface area contributed by atoms with Crippen LogP contribution in [0.1, 0.15) is 0 Å². The standard InChI is InChI=1S/C10H6ClN3O3/c11-8-3-1-2-7(6-8)9-4-5-10(15)13(12-9)14(16)17/h1-6H. The maximum absolute atomic E-state index is 11.1. The summed E-state index contributed by atoms with van der Waals surface area (Å²) in [7, 11) is 0. The van der Waals surface area contributed by atoms with E-state index in [-0.39, 0.29) is 4.79 Å². The molecule has 0 saturated heterocycles. The van der Waals surface area contributed by atoms with Crippen LogP contribution in [0.4, 0.5) is 0 Å². The second-order valence-corrected chi connectivity index (χ2v) is 3.63. The highest BCUT2D eigenvalue weighted by molar-refractivity contribution is 6.30. The lowest BCUT2D eigenvalue weighted by molar-refractivity contribution is -0.556. The van der Waals surface area contributed by atoms with Crippen LogP contribution >= 0.6 is 11.6 Å². The molecule has 0 N–H and O–H groups in total. The summed E-state index contributed by atoms with van der Waals surface area (Å²) in [5.74, 6) is 0. The molecule has 0 aliphatic rings. The second-order valence-electron chi connectivity index (χ2n) is 3.19. The molecule has 2 rings (SSSR count). The molecule has 0 amide bonds. The highest BCUT2D eigenvalue weighted by Gasteiger charge is 2.12.